The van der Waals surface area contributed by atoms with Crippen LogP contribution < -0.4 is 15.4 Å². The van der Waals surface area contributed by atoms with Crippen LogP contribution in [0.3, 0.4) is 0 Å². The Morgan fingerprint density at radius 1 is 1.17 bits per heavy atom. The van der Waals surface area contributed by atoms with Crippen molar-refractivity contribution in [2.45, 2.75) is 13.8 Å². The number of aryl methyl sites for hydroxylation is 2. The number of hydrogen-bond acceptors (Lipinski definition) is 6. The van der Waals surface area contributed by atoms with Gasteiger partial charge in [0.1, 0.15) is 11.4 Å². The predicted octanol–water partition coefficient (Wildman–Crippen LogP) is 2.22. The quantitative estimate of drug-likeness (QED) is 0.757. The Balaban J connectivity index is 2.22. The van der Waals surface area contributed by atoms with E-state index in [1.807, 2.05) is 32.0 Å². The standard InChI is InChI=1S/C17H22N4O3/c1-11-5-6-15(24-4)13(9-11)20-17-19-12(2)10-14(21-17)16(22)18-7-8-23-3/h5-6,9-10H,7-8H2,1-4H3,(H,18,22)(H,19,20,21). The maximum absolute atomic E-state index is 12.1. The number of rotatable bonds is 7. The fraction of sp³-hybridized carbons (Fsp3) is 0.353. The highest BCUT2D eigenvalue weighted by Gasteiger charge is 2.12. The molecule has 0 saturated heterocycles. The van der Waals surface area contributed by atoms with Gasteiger partial charge in [0.15, 0.2) is 0 Å². The number of methoxy groups -OCH3 is 2. The van der Waals surface area contributed by atoms with E-state index in [0.717, 1.165) is 11.3 Å². The minimum absolute atomic E-state index is 0.267. The summed E-state index contributed by atoms with van der Waals surface area (Å²) < 4.78 is 10.3. The number of benzene rings is 1. The van der Waals surface area contributed by atoms with Crippen molar-refractivity contribution < 1.29 is 14.3 Å². The molecule has 128 valence electrons. The molecule has 0 aliphatic carbocycles. The summed E-state index contributed by atoms with van der Waals surface area (Å²) in [5, 5.41) is 5.86. The first-order chi connectivity index (χ1) is 11.5. The maximum atomic E-state index is 12.1. The fourth-order valence-electron chi connectivity index (χ4n) is 2.14. The van der Waals surface area contributed by atoms with Crippen LogP contribution in [0.2, 0.25) is 0 Å². The largest absolute Gasteiger partial charge is 0.495 e. The van der Waals surface area contributed by atoms with Gasteiger partial charge < -0.3 is 20.1 Å². The average Bonchev–Trinajstić information content (AvgIpc) is 2.54. The molecule has 0 unspecified atom stereocenters. The fourth-order valence-corrected chi connectivity index (χ4v) is 2.14. The second-order valence-corrected chi connectivity index (χ2v) is 5.30. The molecule has 1 heterocycles. The summed E-state index contributed by atoms with van der Waals surface area (Å²) in [7, 11) is 3.18. The molecule has 0 aliphatic rings. The monoisotopic (exact) mass is 330 g/mol. The van der Waals surface area contributed by atoms with Gasteiger partial charge in [-0.2, -0.15) is 0 Å². The van der Waals surface area contributed by atoms with Crippen LogP contribution in [0.15, 0.2) is 24.3 Å². The van der Waals surface area contributed by atoms with Crippen LogP contribution >= 0.6 is 0 Å². The lowest BCUT2D eigenvalue weighted by Gasteiger charge is -2.12. The van der Waals surface area contributed by atoms with E-state index in [1.165, 1.54) is 0 Å². The van der Waals surface area contributed by atoms with E-state index in [1.54, 1.807) is 20.3 Å². The van der Waals surface area contributed by atoms with Gasteiger partial charge in [0, 0.05) is 19.3 Å². The van der Waals surface area contributed by atoms with Crippen molar-refractivity contribution in [3.05, 3.63) is 41.2 Å². The second kappa shape index (κ2) is 8.26. The zero-order valence-corrected chi connectivity index (χ0v) is 14.3. The first-order valence-electron chi connectivity index (χ1n) is 7.58. The molecule has 2 N–H and O–H groups in total. The molecule has 7 heteroatoms. The molecule has 2 aromatic rings. The summed E-state index contributed by atoms with van der Waals surface area (Å²) in [4.78, 5) is 20.8. The van der Waals surface area contributed by atoms with Crippen molar-refractivity contribution in [2.75, 3.05) is 32.7 Å². The van der Waals surface area contributed by atoms with Gasteiger partial charge >= 0.3 is 0 Å². The molecule has 1 amide bonds. The lowest BCUT2D eigenvalue weighted by molar-refractivity contribution is 0.0932. The number of amides is 1. The number of carbonyl (C=O) groups is 1. The molecule has 0 atom stereocenters. The Kier molecular flexibility index (Phi) is 6.08. The van der Waals surface area contributed by atoms with Crippen LogP contribution in [-0.2, 0) is 4.74 Å². The zero-order valence-electron chi connectivity index (χ0n) is 14.3. The third-order valence-corrected chi connectivity index (χ3v) is 3.28. The molecule has 0 aliphatic heterocycles. The normalized spacial score (nSPS) is 10.3. The van der Waals surface area contributed by atoms with Crippen LogP contribution in [0, 0.1) is 13.8 Å². The smallest absolute Gasteiger partial charge is 0.270 e. The SMILES string of the molecule is COCCNC(=O)c1cc(C)nc(Nc2cc(C)ccc2OC)n1. The van der Waals surface area contributed by atoms with Crippen LogP contribution in [0.25, 0.3) is 0 Å². The van der Waals surface area contributed by atoms with E-state index in [4.69, 9.17) is 9.47 Å². The molecule has 0 fully saturated rings. The van der Waals surface area contributed by atoms with E-state index in [9.17, 15) is 4.79 Å². The molecule has 2 rings (SSSR count). The first-order valence-corrected chi connectivity index (χ1v) is 7.58. The molecule has 0 radical (unpaired) electrons. The Labute approximate surface area is 141 Å². The maximum Gasteiger partial charge on any atom is 0.270 e. The Morgan fingerprint density at radius 3 is 2.67 bits per heavy atom. The highest BCUT2D eigenvalue weighted by atomic mass is 16.5. The predicted molar refractivity (Wildman–Crippen MR) is 92.0 cm³/mol. The summed E-state index contributed by atoms with van der Waals surface area (Å²) in [6, 6.07) is 7.39. The van der Waals surface area contributed by atoms with Gasteiger partial charge in [0.2, 0.25) is 5.95 Å². The lowest BCUT2D eigenvalue weighted by atomic mass is 10.2. The minimum Gasteiger partial charge on any atom is -0.495 e. The molecule has 0 bridgehead atoms. The lowest BCUT2D eigenvalue weighted by Crippen LogP contribution is -2.28. The minimum atomic E-state index is -0.267. The first kappa shape index (κ1) is 17.7. The molecular formula is C17H22N4O3. The topological polar surface area (TPSA) is 85.4 Å². The highest BCUT2D eigenvalue weighted by Crippen LogP contribution is 2.27. The number of nitrogens with zero attached hydrogens (tertiary/aromatic N) is 2. The number of anilines is 2. The number of aromatic nitrogens is 2. The molecule has 0 spiro atoms. The third kappa shape index (κ3) is 4.66. The number of ether oxygens (including phenoxy) is 2. The Morgan fingerprint density at radius 2 is 1.96 bits per heavy atom. The van der Waals surface area contributed by atoms with E-state index in [0.29, 0.717) is 36.2 Å². The van der Waals surface area contributed by atoms with Crippen molar-refractivity contribution in [3.8, 4) is 5.75 Å². The van der Waals surface area contributed by atoms with Gasteiger partial charge in [0.25, 0.3) is 5.91 Å². The van der Waals surface area contributed by atoms with Crippen LogP contribution in [0.4, 0.5) is 11.6 Å². The summed E-state index contributed by atoms with van der Waals surface area (Å²) >= 11 is 0. The van der Waals surface area contributed by atoms with Crippen molar-refractivity contribution in [2.24, 2.45) is 0 Å². The Hall–Kier alpha value is -2.67. The zero-order chi connectivity index (χ0) is 17.5. The van der Waals surface area contributed by atoms with Gasteiger partial charge in [-0.1, -0.05) is 6.07 Å². The van der Waals surface area contributed by atoms with Gasteiger partial charge in [-0.3, -0.25) is 4.79 Å². The summed E-state index contributed by atoms with van der Waals surface area (Å²) in [6.45, 7) is 4.66. The number of hydrogen-bond donors (Lipinski definition) is 2. The number of carbonyl (C=O) groups excluding carboxylic acids is 1. The van der Waals surface area contributed by atoms with E-state index >= 15 is 0 Å². The van der Waals surface area contributed by atoms with Gasteiger partial charge in [-0.25, -0.2) is 9.97 Å². The van der Waals surface area contributed by atoms with Crippen molar-refractivity contribution >= 4 is 17.5 Å². The van der Waals surface area contributed by atoms with Crippen LogP contribution in [-0.4, -0.2) is 43.2 Å². The summed E-state index contributed by atoms with van der Waals surface area (Å²) in [5.74, 6) is 0.754. The summed E-state index contributed by atoms with van der Waals surface area (Å²) in [5.41, 5.74) is 2.81. The van der Waals surface area contributed by atoms with E-state index in [-0.39, 0.29) is 5.91 Å². The summed E-state index contributed by atoms with van der Waals surface area (Å²) in [6.07, 6.45) is 0. The molecule has 1 aromatic carbocycles. The van der Waals surface area contributed by atoms with Crippen molar-refractivity contribution in [1.29, 1.82) is 0 Å². The van der Waals surface area contributed by atoms with Gasteiger partial charge in [-0.15, -0.1) is 0 Å². The Bertz CT molecular complexity index is 719. The molecular weight excluding hydrogens is 308 g/mol. The molecule has 7 nitrogen and oxygen atoms in total. The number of nitrogens with one attached hydrogen (secondary N) is 2. The second-order valence-electron chi connectivity index (χ2n) is 5.30. The van der Waals surface area contributed by atoms with E-state index in [2.05, 4.69) is 20.6 Å². The molecule has 24 heavy (non-hydrogen) atoms. The van der Waals surface area contributed by atoms with E-state index < -0.39 is 0 Å². The highest BCUT2D eigenvalue weighted by molar-refractivity contribution is 5.92. The van der Waals surface area contributed by atoms with Crippen LogP contribution in [0.5, 0.6) is 5.75 Å². The third-order valence-electron chi connectivity index (χ3n) is 3.28. The molecule has 0 saturated carbocycles. The van der Waals surface area contributed by atoms with Gasteiger partial charge in [0.05, 0.1) is 19.4 Å². The van der Waals surface area contributed by atoms with Gasteiger partial charge in [-0.05, 0) is 37.6 Å². The van der Waals surface area contributed by atoms with Crippen LogP contribution in [0.1, 0.15) is 21.7 Å². The molecule has 1 aromatic heterocycles. The average molecular weight is 330 g/mol. The van der Waals surface area contributed by atoms with Crippen molar-refractivity contribution in [1.82, 2.24) is 15.3 Å². The van der Waals surface area contributed by atoms with Crippen molar-refractivity contribution in [3.63, 3.8) is 0 Å².